The molecule has 2 nitrogen and oxygen atoms in total. The van der Waals surface area contributed by atoms with Crippen molar-refractivity contribution in [2.45, 2.75) is 45.3 Å². The minimum absolute atomic E-state index is 0.303. The van der Waals surface area contributed by atoms with Crippen LogP contribution in [-0.2, 0) is 13.2 Å². The van der Waals surface area contributed by atoms with Crippen molar-refractivity contribution in [3.63, 3.8) is 0 Å². The average Bonchev–Trinajstić information content (AvgIpc) is 2.77. The number of nitrogens with one attached hydrogen (secondary N) is 1. The number of hydrogen-bond donors (Lipinski definition) is 1. The molecule has 0 aromatic heterocycles. The predicted molar refractivity (Wildman–Crippen MR) is 123 cm³/mol. The predicted octanol–water partition coefficient (Wildman–Crippen LogP) is 7.19. The van der Waals surface area contributed by atoms with E-state index in [2.05, 4.69) is 35.7 Å². The molecular formula is C26H27ClFNO. The van der Waals surface area contributed by atoms with Gasteiger partial charge in [0.05, 0.1) is 5.02 Å². The standard InChI is InChI=1S/C26H27ClFNO/c27-25-16-22(28)12-10-21(25)18-30-26-13-11-20-8-4-5-9-23(20)24(26)17-29-15-14-19-6-2-1-3-7-19/h4-6,8-13,16,29H,1-3,7,14-15,17-18H2. The van der Waals surface area contributed by atoms with Gasteiger partial charge in [-0.15, -0.1) is 0 Å². The van der Waals surface area contributed by atoms with Gasteiger partial charge in [-0.25, -0.2) is 4.39 Å². The molecule has 0 heterocycles. The summed E-state index contributed by atoms with van der Waals surface area (Å²) in [5, 5.41) is 6.36. The lowest BCUT2D eigenvalue weighted by Crippen LogP contribution is -2.17. The largest absolute Gasteiger partial charge is 0.488 e. The molecule has 0 unspecified atom stereocenters. The highest BCUT2D eigenvalue weighted by molar-refractivity contribution is 6.31. The highest BCUT2D eigenvalue weighted by Crippen LogP contribution is 2.30. The van der Waals surface area contributed by atoms with Crippen molar-refractivity contribution in [2.75, 3.05) is 6.54 Å². The van der Waals surface area contributed by atoms with Gasteiger partial charge in [-0.05, 0) is 67.6 Å². The Balaban J connectivity index is 1.48. The fourth-order valence-electron chi connectivity index (χ4n) is 4.02. The fourth-order valence-corrected chi connectivity index (χ4v) is 4.24. The number of allylic oxidation sites excluding steroid dienone is 1. The van der Waals surface area contributed by atoms with Gasteiger partial charge in [-0.3, -0.25) is 0 Å². The third-order valence-electron chi connectivity index (χ3n) is 5.71. The molecule has 0 spiro atoms. The fraction of sp³-hybridized carbons (Fsp3) is 0.308. The minimum atomic E-state index is -0.340. The van der Waals surface area contributed by atoms with Gasteiger partial charge in [-0.1, -0.05) is 59.6 Å². The first-order chi connectivity index (χ1) is 14.7. The lowest BCUT2D eigenvalue weighted by molar-refractivity contribution is 0.302. The third kappa shape index (κ3) is 5.21. The van der Waals surface area contributed by atoms with E-state index < -0.39 is 0 Å². The van der Waals surface area contributed by atoms with Gasteiger partial charge < -0.3 is 10.1 Å². The summed E-state index contributed by atoms with van der Waals surface area (Å²) in [6, 6.07) is 16.9. The molecule has 30 heavy (non-hydrogen) atoms. The SMILES string of the molecule is Fc1ccc(COc2ccc3ccccc3c2CNCCC2=CCCCC2)c(Cl)c1. The number of fused-ring (bicyclic) bond motifs is 1. The minimum Gasteiger partial charge on any atom is -0.488 e. The molecule has 0 radical (unpaired) electrons. The first-order valence-corrected chi connectivity index (χ1v) is 11.0. The normalized spacial score (nSPS) is 14.0. The van der Waals surface area contributed by atoms with Crippen molar-refractivity contribution in [3.8, 4) is 5.75 Å². The van der Waals surface area contributed by atoms with Crippen molar-refractivity contribution in [1.82, 2.24) is 5.32 Å². The van der Waals surface area contributed by atoms with E-state index in [1.807, 2.05) is 12.1 Å². The molecule has 4 rings (SSSR count). The van der Waals surface area contributed by atoms with Crippen LogP contribution in [0.4, 0.5) is 4.39 Å². The molecule has 0 aliphatic heterocycles. The van der Waals surface area contributed by atoms with E-state index in [4.69, 9.17) is 16.3 Å². The lowest BCUT2D eigenvalue weighted by Gasteiger charge is -2.17. The molecule has 4 heteroatoms. The molecule has 0 bridgehead atoms. The molecule has 1 aliphatic carbocycles. The molecule has 0 fully saturated rings. The Labute approximate surface area is 182 Å². The summed E-state index contributed by atoms with van der Waals surface area (Å²) >= 11 is 6.17. The number of rotatable bonds is 8. The summed E-state index contributed by atoms with van der Waals surface area (Å²) in [6.07, 6.45) is 8.62. The van der Waals surface area contributed by atoms with Crippen LogP contribution in [0.2, 0.25) is 5.02 Å². The van der Waals surface area contributed by atoms with E-state index in [1.165, 1.54) is 48.6 Å². The maximum Gasteiger partial charge on any atom is 0.124 e. The first kappa shape index (κ1) is 20.9. The smallest absolute Gasteiger partial charge is 0.124 e. The van der Waals surface area contributed by atoms with Gasteiger partial charge in [0.2, 0.25) is 0 Å². The summed E-state index contributed by atoms with van der Waals surface area (Å²) in [4.78, 5) is 0. The summed E-state index contributed by atoms with van der Waals surface area (Å²) in [5.74, 6) is 0.492. The first-order valence-electron chi connectivity index (χ1n) is 10.7. The zero-order valence-corrected chi connectivity index (χ0v) is 17.9. The van der Waals surface area contributed by atoms with Crippen molar-refractivity contribution >= 4 is 22.4 Å². The molecule has 3 aromatic carbocycles. The Bertz CT molecular complexity index is 1050. The van der Waals surface area contributed by atoms with Crippen molar-refractivity contribution in [3.05, 3.63) is 88.2 Å². The zero-order chi connectivity index (χ0) is 20.8. The van der Waals surface area contributed by atoms with Crippen molar-refractivity contribution in [2.24, 2.45) is 0 Å². The van der Waals surface area contributed by atoms with Gasteiger partial charge in [0.25, 0.3) is 0 Å². The molecule has 3 aromatic rings. The number of hydrogen-bond acceptors (Lipinski definition) is 2. The maximum absolute atomic E-state index is 13.3. The van der Waals surface area contributed by atoms with Gasteiger partial charge in [0.15, 0.2) is 0 Å². The van der Waals surface area contributed by atoms with E-state index in [9.17, 15) is 4.39 Å². The van der Waals surface area contributed by atoms with Crippen LogP contribution in [0, 0.1) is 5.82 Å². The highest BCUT2D eigenvalue weighted by Gasteiger charge is 2.11. The summed E-state index contributed by atoms with van der Waals surface area (Å²) in [7, 11) is 0. The van der Waals surface area contributed by atoms with Gasteiger partial charge in [0, 0.05) is 17.7 Å². The Hall–Kier alpha value is -2.36. The van der Waals surface area contributed by atoms with Crippen LogP contribution in [0.3, 0.4) is 0 Å². The summed E-state index contributed by atoms with van der Waals surface area (Å²) in [5.41, 5.74) is 3.49. The Morgan fingerprint density at radius 3 is 2.77 bits per heavy atom. The second-order valence-corrected chi connectivity index (χ2v) is 8.23. The second-order valence-electron chi connectivity index (χ2n) is 7.82. The van der Waals surface area contributed by atoms with Crippen LogP contribution in [0.15, 0.2) is 66.2 Å². The summed E-state index contributed by atoms with van der Waals surface area (Å²) in [6.45, 7) is 2.00. The molecule has 0 amide bonds. The Kier molecular flexibility index (Phi) is 7.03. The van der Waals surface area contributed by atoms with E-state index in [-0.39, 0.29) is 5.82 Å². The molecule has 0 saturated heterocycles. The zero-order valence-electron chi connectivity index (χ0n) is 17.1. The molecular weight excluding hydrogens is 397 g/mol. The van der Waals surface area contributed by atoms with Crippen LogP contribution in [0.5, 0.6) is 5.75 Å². The quantitative estimate of drug-likeness (QED) is 0.305. The van der Waals surface area contributed by atoms with Crippen LogP contribution < -0.4 is 10.1 Å². The lowest BCUT2D eigenvalue weighted by atomic mass is 9.97. The van der Waals surface area contributed by atoms with Crippen LogP contribution >= 0.6 is 11.6 Å². The van der Waals surface area contributed by atoms with Crippen LogP contribution in [-0.4, -0.2) is 6.54 Å². The Morgan fingerprint density at radius 2 is 1.93 bits per heavy atom. The van der Waals surface area contributed by atoms with Crippen molar-refractivity contribution < 1.29 is 9.13 Å². The van der Waals surface area contributed by atoms with E-state index in [1.54, 1.807) is 11.6 Å². The molecule has 1 N–H and O–H groups in total. The molecule has 1 aliphatic rings. The molecule has 0 atom stereocenters. The van der Waals surface area contributed by atoms with E-state index >= 15 is 0 Å². The van der Waals surface area contributed by atoms with Gasteiger partial charge in [-0.2, -0.15) is 0 Å². The van der Waals surface area contributed by atoms with E-state index in [0.717, 1.165) is 36.4 Å². The monoisotopic (exact) mass is 423 g/mol. The molecule has 0 saturated carbocycles. The molecule has 156 valence electrons. The number of ether oxygens (including phenoxy) is 1. The number of halogens is 2. The second kappa shape index (κ2) is 10.1. The van der Waals surface area contributed by atoms with E-state index in [0.29, 0.717) is 11.6 Å². The van der Waals surface area contributed by atoms with Crippen LogP contribution in [0.25, 0.3) is 10.8 Å². The Morgan fingerprint density at radius 1 is 1.03 bits per heavy atom. The maximum atomic E-state index is 13.3. The number of benzene rings is 3. The van der Waals surface area contributed by atoms with Gasteiger partial charge >= 0.3 is 0 Å². The average molecular weight is 424 g/mol. The summed E-state index contributed by atoms with van der Waals surface area (Å²) < 4.78 is 19.5. The van der Waals surface area contributed by atoms with Crippen molar-refractivity contribution in [1.29, 1.82) is 0 Å². The topological polar surface area (TPSA) is 21.3 Å². The van der Waals surface area contributed by atoms with Crippen LogP contribution in [0.1, 0.15) is 43.2 Å². The third-order valence-corrected chi connectivity index (χ3v) is 6.06. The highest BCUT2D eigenvalue weighted by atomic mass is 35.5. The van der Waals surface area contributed by atoms with Gasteiger partial charge in [0.1, 0.15) is 18.2 Å².